The van der Waals surface area contributed by atoms with Crippen LogP contribution in [0.3, 0.4) is 0 Å². The van der Waals surface area contributed by atoms with Gasteiger partial charge in [-0.1, -0.05) is 0 Å². The van der Waals surface area contributed by atoms with E-state index in [4.69, 9.17) is 4.74 Å². The second kappa shape index (κ2) is 10.4. The first-order valence-corrected chi connectivity index (χ1v) is 11.9. The second-order valence-corrected chi connectivity index (χ2v) is 9.18. The van der Waals surface area contributed by atoms with Crippen LogP contribution in [0.4, 0.5) is 10.5 Å². The number of nitrogens with one attached hydrogen (secondary N) is 1. The summed E-state index contributed by atoms with van der Waals surface area (Å²) in [7, 11) is 1.51. The number of piperidine rings is 1. The Hall–Kier alpha value is -3.14. The number of amides is 5. The molecule has 0 saturated carbocycles. The molecule has 184 valence electrons. The van der Waals surface area contributed by atoms with E-state index >= 15 is 0 Å². The minimum atomic E-state index is -0.510. The lowest BCUT2D eigenvalue weighted by atomic mass is 9.95. The van der Waals surface area contributed by atoms with Crippen LogP contribution in [-0.4, -0.2) is 97.9 Å². The molecular weight excluding hydrogens is 438 g/mol. The number of benzene rings is 1. The summed E-state index contributed by atoms with van der Waals surface area (Å²) < 4.78 is 5.40. The fourth-order valence-electron chi connectivity index (χ4n) is 4.94. The summed E-state index contributed by atoms with van der Waals surface area (Å²) in [5, 5.41) is 2.31. The Morgan fingerprint density at radius 3 is 2.32 bits per heavy atom. The number of hydrogen-bond acceptors (Lipinski definition) is 6. The van der Waals surface area contributed by atoms with Crippen molar-refractivity contribution < 1.29 is 23.9 Å². The SMILES string of the molecule is COc1ccc(C(=O)N2CCC(CN3CCN(C(C)=O)CC3)CC2)cc1N1CCC(=O)NC1=O. The van der Waals surface area contributed by atoms with Crippen LogP contribution in [0.15, 0.2) is 18.2 Å². The van der Waals surface area contributed by atoms with Gasteiger partial charge in [-0.2, -0.15) is 0 Å². The zero-order valence-electron chi connectivity index (χ0n) is 19.9. The van der Waals surface area contributed by atoms with Crippen molar-refractivity contribution in [2.75, 3.05) is 64.4 Å². The monoisotopic (exact) mass is 471 g/mol. The number of nitrogens with zero attached hydrogens (tertiary/aromatic N) is 4. The van der Waals surface area contributed by atoms with E-state index in [2.05, 4.69) is 10.2 Å². The molecule has 0 spiro atoms. The minimum absolute atomic E-state index is 0.0640. The Bertz CT molecular complexity index is 951. The van der Waals surface area contributed by atoms with E-state index in [-0.39, 0.29) is 30.7 Å². The lowest BCUT2D eigenvalue weighted by molar-refractivity contribution is -0.130. The van der Waals surface area contributed by atoms with Crippen molar-refractivity contribution in [3.63, 3.8) is 0 Å². The minimum Gasteiger partial charge on any atom is -0.495 e. The smallest absolute Gasteiger partial charge is 0.328 e. The van der Waals surface area contributed by atoms with Gasteiger partial charge in [0.25, 0.3) is 5.91 Å². The Balaban J connectivity index is 1.34. The molecule has 0 bridgehead atoms. The molecule has 0 aliphatic carbocycles. The Morgan fingerprint density at radius 2 is 1.71 bits per heavy atom. The van der Waals surface area contributed by atoms with Crippen LogP contribution in [0.1, 0.15) is 36.5 Å². The highest BCUT2D eigenvalue weighted by Gasteiger charge is 2.30. The van der Waals surface area contributed by atoms with Crippen LogP contribution in [0, 0.1) is 5.92 Å². The predicted molar refractivity (Wildman–Crippen MR) is 126 cm³/mol. The summed E-state index contributed by atoms with van der Waals surface area (Å²) in [5.41, 5.74) is 0.984. The first kappa shape index (κ1) is 24.0. The van der Waals surface area contributed by atoms with Crippen LogP contribution in [0.2, 0.25) is 0 Å². The van der Waals surface area contributed by atoms with Crippen LogP contribution in [-0.2, 0) is 9.59 Å². The molecule has 3 aliphatic heterocycles. The van der Waals surface area contributed by atoms with Gasteiger partial charge in [0.2, 0.25) is 11.8 Å². The molecule has 10 heteroatoms. The average molecular weight is 472 g/mol. The van der Waals surface area contributed by atoms with Gasteiger partial charge in [0.1, 0.15) is 5.75 Å². The van der Waals surface area contributed by atoms with Crippen molar-refractivity contribution in [1.29, 1.82) is 0 Å². The quantitative estimate of drug-likeness (QED) is 0.692. The van der Waals surface area contributed by atoms with Gasteiger partial charge in [0, 0.05) is 71.3 Å². The topological polar surface area (TPSA) is 102 Å². The summed E-state index contributed by atoms with van der Waals surface area (Å²) in [5.74, 6) is 0.781. The van der Waals surface area contributed by atoms with Gasteiger partial charge in [0.15, 0.2) is 0 Å². The Labute approximate surface area is 199 Å². The fraction of sp³-hybridized carbons (Fsp3) is 0.583. The number of carbonyl (C=O) groups is 4. The van der Waals surface area contributed by atoms with Gasteiger partial charge in [-0.3, -0.25) is 29.5 Å². The summed E-state index contributed by atoms with van der Waals surface area (Å²) in [4.78, 5) is 56.2. The van der Waals surface area contributed by atoms with Crippen LogP contribution in [0.5, 0.6) is 5.75 Å². The highest BCUT2D eigenvalue weighted by molar-refractivity contribution is 6.07. The zero-order valence-corrected chi connectivity index (χ0v) is 19.9. The molecule has 5 amide bonds. The molecule has 1 N–H and O–H groups in total. The number of urea groups is 1. The Morgan fingerprint density at radius 1 is 1.00 bits per heavy atom. The second-order valence-electron chi connectivity index (χ2n) is 9.18. The summed E-state index contributed by atoms with van der Waals surface area (Å²) in [6.45, 7) is 7.63. The maximum absolute atomic E-state index is 13.2. The molecule has 3 aliphatic rings. The van der Waals surface area contributed by atoms with Crippen molar-refractivity contribution in [2.24, 2.45) is 5.92 Å². The van der Waals surface area contributed by atoms with Gasteiger partial charge < -0.3 is 14.5 Å². The molecule has 1 aromatic carbocycles. The molecule has 3 fully saturated rings. The molecular formula is C24H33N5O5. The fourth-order valence-corrected chi connectivity index (χ4v) is 4.94. The van der Waals surface area contributed by atoms with Crippen molar-refractivity contribution >= 4 is 29.4 Å². The highest BCUT2D eigenvalue weighted by atomic mass is 16.5. The molecule has 0 atom stereocenters. The number of anilines is 1. The van der Waals surface area contributed by atoms with Crippen molar-refractivity contribution in [2.45, 2.75) is 26.2 Å². The molecule has 3 heterocycles. The van der Waals surface area contributed by atoms with Crippen LogP contribution >= 0.6 is 0 Å². The number of piperazine rings is 1. The number of ether oxygens (including phenoxy) is 1. The summed E-state index contributed by atoms with van der Waals surface area (Å²) >= 11 is 0. The molecule has 34 heavy (non-hydrogen) atoms. The van der Waals surface area contributed by atoms with E-state index in [0.717, 1.165) is 45.6 Å². The third kappa shape index (κ3) is 5.32. The molecule has 4 rings (SSSR count). The molecule has 1 aromatic rings. The maximum atomic E-state index is 13.2. The van der Waals surface area contributed by atoms with Gasteiger partial charge in [-0.05, 0) is 37.0 Å². The van der Waals surface area contributed by atoms with Crippen molar-refractivity contribution in [3.8, 4) is 5.75 Å². The van der Waals surface area contributed by atoms with Crippen LogP contribution in [0.25, 0.3) is 0 Å². The zero-order chi connectivity index (χ0) is 24.2. The lowest BCUT2D eigenvalue weighted by Crippen LogP contribution is -2.50. The molecule has 0 aromatic heterocycles. The normalized spacial score (nSPS) is 20.4. The maximum Gasteiger partial charge on any atom is 0.328 e. The first-order valence-electron chi connectivity index (χ1n) is 11.9. The Kier molecular flexibility index (Phi) is 7.35. The number of imide groups is 1. The highest BCUT2D eigenvalue weighted by Crippen LogP contribution is 2.31. The standard InChI is InChI=1S/C24H33N5O5/c1-17(30)27-13-11-26(12-14-27)16-18-5-8-28(9-6-18)23(32)19-3-4-21(34-2)20(15-19)29-10-7-22(31)25-24(29)33/h3-4,15,18H,5-14,16H2,1-2H3,(H,25,31,33). The summed E-state index contributed by atoms with van der Waals surface area (Å²) in [6, 6.07) is 4.58. The molecule has 3 saturated heterocycles. The molecule has 0 radical (unpaired) electrons. The van der Waals surface area contributed by atoms with Gasteiger partial charge in [0.05, 0.1) is 12.8 Å². The van der Waals surface area contributed by atoms with Gasteiger partial charge in [-0.15, -0.1) is 0 Å². The van der Waals surface area contributed by atoms with E-state index in [1.54, 1.807) is 25.1 Å². The third-order valence-corrected chi connectivity index (χ3v) is 7.01. The first-order chi connectivity index (χ1) is 16.4. The van der Waals surface area contributed by atoms with E-state index in [9.17, 15) is 19.2 Å². The number of carbonyl (C=O) groups excluding carboxylic acids is 4. The molecule has 10 nitrogen and oxygen atoms in total. The number of likely N-dealkylation sites (tertiary alicyclic amines) is 1. The third-order valence-electron chi connectivity index (χ3n) is 7.01. The largest absolute Gasteiger partial charge is 0.495 e. The lowest BCUT2D eigenvalue weighted by Gasteiger charge is -2.38. The average Bonchev–Trinajstić information content (AvgIpc) is 2.84. The van der Waals surface area contributed by atoms with Crippen LogP contribution < -0.4 is 15.0 Å². The van der Waals surface area contributed by atoms with Crippen molar-refractivity contribution in [3.05, 3.63) is 23.8 Å². The van der Waals surface area contributed by atoms with Crippen molar-refractivity contribution in [1.82, 2.24) is 20.0 Å². The summed E-state index contributed by atoms with van der Waals surface area (Å²) in [6.07, 6.45) is 2.08. The van der Waals surface area contributed by atoms with Gasteiger partial charge >= 0.3 is 6.03 Å². The van der Waals surface area contributed by atoms with E-state index in [1.807, 2.05) is 9.80 Å². The van der Waals surface area contributed by atoms with Gasteiger partial charge in [-0.25, -0.2) is 4.79 Å². The van der Waals surface area contributed by atoms with E-state index in [0.29, 0.717) is 36.0 Å². The number of rotatable bonds is 5. The van der Waals surface area contributed by atoms with E-state index < -0.39 is 6.03 Å². The number of methoxy groups -OCH3 is 1. The van der Waals surface area contributed by atoms with E-state index in [1.165, 1.54) is 12.0 Å². The predicted octanol–water partition coefficient (Wildman–Crippen LogP) is 1.16. The molecule has 0 unspecified atom stereocenters. The number of hydrogen-bond donors (Lipinski definition) is 1.